The lowest BCUT2D eigenvalue weighted by molar-refractivity contribution is -0.0317. The number of hydrogen-bond donors (Lipinski definition) is 3. The molecule has 0 unspecified atom stereocenters. The van der Waals surface area contributed by atoms with Gasteiger partial charge in [0.05, 0.1) is 15.8 Å². The number of sulfonamides is 1. The van der Waals surface area contributed by atoms with Gasteiger partial charge in [0.1, 0.15) is 0 Å². The van der Waals surface area contributed by atoms with Gasteiger partial charge in [-0.2, -0.15) is 0 Å². The number of benzene rings is 1. The average molecular weight is 307 g/mol. The van der Waals surface area contributed by atoms with E-state index in [1.807, 2.05) is 0 Å². The Morgan fingerprint density at radius 3 is 2.48 bits per heavy atom. The number of H-pyrrole nitrogens is 2. The van der Waals surface area contributed by atoms with Gasteiger partial charge in [0.15, 0.2) is 0 Å². The maximum atomic E-state index is 12.4. The number of nitrogens with one attached hydrogen (secondary N) is 3. The summed E-state index contributed by atoms with van der Waals surface area (Å²) >= 11 is 0. The van der Waals surface area contributed by atoms with Crippen molar-refractivity contribution in [3.63, 3.8) is 0 Å². The molecule has 0 radical (unpaired) electrons. The maximum Gasteiger partial charge on any atom is 0.326 e. The van der Waals surface area contributed by atoms with Gasteiger partial charge in [-0.05, 0) is 43.4 Å². The van der Waals surface area contributed by atoms with Crippen LogP contribution in [0.1, 0.15) is 19.3 Å². The second-order valence-electron chi connectivity index (χ2n) is 5.98. The normalized spacial score (nSPS) is 27.1. The second kappa shape index (κ2) is 3.83. The summed E-state index contributed by atoms with van der Waals surface area (Å²) in [6.45, 7) is 0. The molecule has 0 aliphatic heterocycles. The highest BCUT2D eigenvalue weighted by Crippen LogP contribution is 2.57. The molecule has 21 heavy (non-hydrogen) atoms. The smallest absolute Gasteiger partial charge is 0.307 e. The van der Waals surface area contributed by atoms with Crippen LogP contribution in [0.3, 0.4) is 0 Å². The second-order valence-corrected chi connectivity index (χ2v) is 7.66. The van der Waals surface area contributed by atoms with Crippen molar-refractivity contribution in [2.45, 2.75) is 29.7 Å². The molecule has 2 bridgehead atoms. The van der Waals surface area contributed by atoms with E-state index in [9.17, 15) is 18.0 Å². The topological polar surface area (TPSA) is 112 Å². The van der Waals surface area contributed by atoms with Crippen molar-refractivity contribution < 1.29 is 8.42 Å². The van der Waals surface area contributed by atoms with Crippen molar-refractivity contribution in [3.8, 4) is 0 Å². The molecule has 5 rings (SSSR count). The Morgan fingerprint density at radius 1 is 1.14 bits per heavy atom. The van der Waals surface area contributed by atoms with E-state index in [1.54, 1.807) is 0 Å². The fraction of sp³-hybridized carbons (Fsp3) is 0.385. The van der Waals surface area contributed by atoms with E-state index in [1.165, 1.54) is 18.2 Å². The van der Waals surface area contributed by atoms with Crippen molar-refractivity contribution >= 4 is 20.9 Å². The minimum Gasteiger partial charge on any atom is -0.307 e. The van der Waals surface area contributed by atoms with E-state index in [2.05, 4.69) is 14.7 Å². The molecule has 1 aromatic heterocycles. The number of fused-ring (bicyclic) bond motifs is 1. The molecule has 3 fully saturated rings. The SMILES string of the molecule is O=c1[nH]c(=O)c2cc(S(=O)(=O)NC34CC(C3)C4)ccc2[nH]1. The van der Waals surface area contributed by atoms with E-state index in [-0.39, 0.29) is 15.8 Å². The molecule has 1 heterocycles. The van der Waals surface area contributed by atoms with E-state index in [4.69, 9.17) is 0 Å². The van der Waals surface area contributed by atoms with Crippen LogP contribution in [-0.4, -0.2) is 23.9 Å². The molecule has 0 amide bonds. The lowest BCUT2D eigenvalue weighted by Crippen LogP contribution is -2.67. The van der Waals surface area contributed by atoms with Crippen LogP contribution in [0.25, 0.3) is 10.9 Å². The van der Waals surface area contributed by atoms with E-state index in [0.29, 0.717) is 11.4 Å². The number of aromatic nitrogens is 2. The molecule has 0 saturated heterocycles. The summed E-state index contributed by atoms with van der Waals surface area (Å²) < 4.78 is 27.5. The largest absolute Gasteiger partial charge is 0.326 e. The van der Waals surface area contributed by atoms with Crippen molar-refractivity contribution in [3.05, 3.63) is 39.0 Å². The Balaban J connectivity index is 1.79. The summed E-state index contributed by atoms with van der Waals surface area (Å²) in [6.07, 6.45) is 2.69. The molecule has 3 saturated carbocycles. The van der Waals surface area contributed by atoms with Gasteiger partial charge in [0.2, 0.25) is 10.0 Å². The quantitative estimate of drug-likeness (QED) is 0.743. The zero-order chi connectivity index (χ0) is 14.8. The van der Waals surface area contributed by atoms with Crippen LogP contribution in [-0.2, 0) is 10.0 Å². The third-order valence-electron chi connectivity index (χ3n) is 4.41. The predicted octanol–water partition coefficient (Wildman–Crippen LogP) is 0.0472. The van der Waals surface area contributed by atoms with E-state index < -0.39 is 21.3 Å². The van der Waals surface area contributed by atoms with Crippen molar-refractivity contribution in [2.24, 2.45) is 5.92 Å². The van der Waals surface area contributed by atoms with Gasteiger partial charge >= 0.3 is 5.69 Å². The van der Waals surface area contributed by atoms with Gasteiger partial charge in [-0.15, -0.1) is 0 Å². The molecule has 8 heteroatoms. The maximum absolute atomic E-state index is 12.4. The van der Waals surface area contributed by atoms with Gasteiger partial charge in [0.25, 0.3) is 5.56 Å². The van der Waals surface area contributed by atoms with Crippen molar-refractivity contribution in [1.82, 2.24) is 14.7 Å². The molecule has 3 N–H and O–H groups in total. The minimum absolute atomic E-state index is 0.0391. The first-order valence-electron chi connectivity index (χ1n) is 6.67. The zero-order valence-corrected chi connectivity index (χ0v) is 11.8. The fourth-order valence-corrected chi connectivity index (χ4v) is 4.72. The van der Waals surface area contributed by atoms with Gasteiger partial charge < -0.3 is 4.98 Å². The monoisotopic (exact) mass is 307 g/mol. The lowest BCUT2D eigenvalue weighted by Gasteiger charge is -2.61. The molecule has 3 aliphatic carbocycles. The molecular weight excluding hydrogens is 294 g/mol. The van der Waals surface area contributed by atoms with Crippen molar-refractivity contribution in [2.75, 3.05) is 0 Å². The Labute approximate surface area is 119 Å². The van der Waals surface area contributed by atoms with Gasteiger partial charge in [0, 0.05) is 5.54 Å². The third-order valence-corrected chi connectivity index (χ3v) is 5.99. The Morgan fingerprint density at radius 2 is 1.86 bits per heavy atom. The van der Waals surface area contributed by atoms with Gasteiger partial charge in [-0.3, -0.25) is 9.78 Å². The van der Waals surface area contributed by atoms with Crippen LogP contribution >= 0.6 is 0 Å². The van der Waals surface area contributed by atoms with Crippen molar-refractivity contribution in [1.29, 1.82) is 0 Å². The Kier molecular flexibility index (Phi) is 2.33. The summed E-state index contributed by atoms with van der Waals surface area (Å²) in [5.41, 5.74) is -1.17. The first-order chi connectivity index (χ1) is 9.87. The molecule has 7 nitrogen and oxygen atoms in total. The van der Waals surface area contributed by atoms with Crippen LogP contribution in [0.15, 0.2) is 32.7 Å². The zero-order valence-electron chi connectivity index (χ0n) is 11.0. The van der Waals surface area contributed by atoms with E-state index >= 15 is 0 Å². The number of hydrogen-bond acceptors (Lipinski definition) is 4. The summed E-state index contributed by atoms with van der Waals surface area (Å²) in [5.74, 6) is 0.664. The number of rotatable bonds is 3. The Hall–Kier alpha value is -1.93. The third kappa shape index (κ3) is 1.86. The summed E-state index contributed by atoms with van der Waals surface area (Å²) in [6, 6.07) is 4.12. The van der Waals surface area contributed by atoms with Gasteiger partial charge in [-0.25, -0.2) is 17.9 Å². The van der Waals surface area contributed by atoms with Crippen LogP contribution in [0.5, 0.6) is 0 Å². The molecular formula is C13H13N3O4S. The lowest BCUT2D eigenvalue weighted by atomic mass is 9.50. The van der Waals surface area contributed by atoms with Crippen LogP contribution in [0.2, 0.25) is 0 Å². The fourth-order valence-electron chi connectivity index (χ4n) is 3.26. The van der Waals surface area contributed by atoms with Crippen LogP contribution in [0, 0.1) is 5.92 Å². The highest BCUT2D eigenvalue weighted by Gasteiger charge is 2.58. The predicted molar refractivity (Wildman–Crippen MR) is 75.6 cm³/mol. The summed E-state index contributed by atoms with van der Waals surface area (Å²) in [4.78, 5) is 27.5. The molecule has 1 aromatic carbocycles. The first-order valence-corrected chi connectivity index (χ1v) is 8.16. The van der Waals surface area contributed by atoms with Crippen LogP contribution < -0.4 is 16.0 Å². The van der Waals surface area contributed by atoms with Crippen LogP contribution in [0.4, 0.5) is 0 Å². The molecule has 110 valence electrons. The summed E-state index contributed by atoms with van der Waals surface area (Å²) in [5, 5.41) is 0.148. The standard InChI is InChI=1S/C13H13N3O4S/c17-11-9-3-8(1-2-10(9)14-12(18)15-11)21(19,20)16-13-4-7(5-13)6-13/h1-3,7,16H,4-6H2,(H2,14,15,17,18). The van der Waals surface area contributed by atoms with Gasteiger partial charge in [-0.1, -0.05) is 0 Å². The highest BCUT2D eigenvalue weighted by molar-refractivity contribution is 7.89. The molecule has 3 aliphatic rings. The minimum atomic E-state index is -3.65. The molecule has 2 aromatic rings. The molecule has 0 spiro atoms. The van der Waals surface area contributed by atoms with E-state index in [0.717, 1.165) is 19.3 Å². The Bertz CT molecular complexity index is 956. The highest BCUT2D eigenvalue weighted by atomic mass is 32.2. The summed E-state index contributed by atoms with van der Waals surface area (Å²) in [7, 11) is -3.65. The number of aromatic amines is 2. The first kappa shape index (κ1) is 12.8. The molecule has 0 atom stereocenters. The average Bonchev–Trinajstić information content (AvgIpc) is 2.32.